The molecule has 0 saturated carbocycles. The van der Waals surface area contributed by atoms with E-state index in [1.165, 1.54) is 25.3 Å². The molecule has 0 spiro atoms. The minimum absolute atomic E-state index is 0.144. The maximum absolute atomic E-state index is 12.4. The molecule has 31 heavy (non-hydrogen) atoms. The molecule has 2 amide bonds. The Morgan fingerprint density at radius 3 is 2.55 bits per heavy atom. The average Bonchev–Trinajstić information content (AvgIpc) is 2.99. The van der Waals surface area contributed by atoms with Crippen LogP contribution in [0.2, 0.25) is 0 Å². The summed E-state index contributed by atoms with van der Waals surface area (Å²) in [5.41, 5.74) is -0.463. The second kappa shape index (κ2) is 9.36. The zero-order valence-corrected chi connectivity index (χ0v) is 16.9. The van der Waals surface area contributed by atoms with Gasteiger partial charge in [0.15, 0.2) is 0 Å². The van der Waals surface area contributed by atoms with Crippen LogP contribution in [0.4, 0.5) is 16.2 Å². The van der Waals surface area contributed by atoms with Crippen LogP contribution in [0.5, 0.6) is 11.5 Å². The molecule has 1 fully saturated rings. The molecule has 1 aliphatic heterocycles. The van der Waals surface area contributed by atoms with E-state index in [0.29, 0.717) is 5.56 Å². The number of non-ortho nitro benzene ring substituents is 1. The van der Waals surface area contributed by atoms with Crippen molar-refractivity contribution in [3.8, 4) is 11.5 Å². The number of carbonyl (C=O) groups is 2. The van der Waals surface area contributed by atoms with Crippen molar-refractivity contribution in [2.75, 3.05) is 20.3 Å². The maximum Gasteiger partial charge on any atom is 0.318 e. The lowest BCUT2D eigenvalue weighted by molar-refractivity contribution is -0.394. The van der Waals surface area contributed by atoms with Gasteiger partial charge in [0, 0.05) is 13.2 Å². The predicted molar refractivity (Wildman–Crippen MR) is 111 cm³/mol. The fraction of sp³-hybridized carbons (Fsp3) is 0.158. The van der Waals surface area contributed by atoms with Gasteiger partial charge in [-0.15, -0.1) is 0 Å². The number of thioether (sulfide) groups is 1. The van der Waals surface area contributed by atoms with E-state index in [4.69, 9.17) is 9.47 Å². The predicted octanol–water partition coefficient (Wildman–Crippen LogP) is 3.98. The SMILES string of the molecule is COCCN1C(=O)S/C(=C/c2cccc(Oc3ccc([N+](=O)[O-])cc3[N+](=O)[O-])c2)C1=O. The Balaban J connectivity index is 1.84. The Bertz CT molecular complexity index is 1100. The molecular formula is C19H15N3O8S. The van der Waals surface area contributed by atoms with Gasteiger partial charge in [-0.3, -0.25) is 34.7 Å². The number of hydrogen-bond donors (Lipinski definition) is 0. The second-order valence-corrected chi connectivity index (χ2v) is 7.16. The highest BCUT2D eigenvalue weighted by Gasteiger charge is 2.34. The summed E-state index contributed by atoms with van der Waals surface area (Å²) >= 11 is 0.797. The molecule has 160 valence electrons. The third kappa shape index (κ3) is 5.05. The van der Waals surface area contributed by atoms with Crippen molar-refractivity contribution in [1.29, 1.82) is 0 Å². The zero-order chi connectivity index (χ0) is 22.5. The van der Waals surface area contributed by atoms with E-state index < -0.39 is 32.4 Å². The van der Waals surface area contributed by atoms with Gasteiger partial charge in [0.25, 0.3) is 16.8 Å². The monoisotopic (exact) mass is 445 g/mol. The van der Waals surface area contributed by atoms with Crippen LogP contribution in [0.25, 0.3) is 6.08 Å². The highest BCUT2D eigenvalue weighted by atomic mass is 32.2. The van der Waals surface area contributed by atoms with E-state index >= 15 is 0 Å². The minimum atomic E-state index is -0.776. The first kappa shape index (κ1) is 21.9. The Hall–Kier alpha value is -3.77. The molecule has 1 aliphatic rings. The smallest absolute Gasteiger partial charge is 0.318 e. The third-order valence-electron chi connectivity index (χ3n) is 4.13. The van der Waals surface area contributed by atoms with E-state index in [0.717, 1.165) is 34.9 Å². The van der Waals surface area contributed by atoms with Crippen molar-refractivity contribution in [2.24, 2.45) is 0 Å². The fourth-order valence-corrected chi connectivity index (χ4v) is 3.53. The number of hydrogen-bond acceptors (Lipinski definition) is 9. The molecule has 0 unspecified atom stereocenters. The van der Waals surface area contributed by atoms with Crippen molar-refractivity contribution in [2.45, 2.75) is 0 Å². The number of amides is 2. The van der Waals surface area contributed by atoms with Crippen molar-refractivity contribution in [3.05, 3.63) is 73.2 Å². The van der Waals surface area contributed by atoms with E-state index in [2.05, 4.69) is 0 Å². The Morgan fingerprint density at radius 1 is 1.10 bits per heavy atom. The van der Waals surface area contributed by atoms with Crippen LogP contribution in [0.15, 0.2) is 47.4 Å². The minimum Gasteiger partial charge on any atom is -0.450 e. The quantitative estimate of drug-likeness (QED) is 0.335. The van der Waals surface area contributed by atoms with Crippen LogP contribution in [0.1, 0.15) is 5.56 Å². The van der Waals surface area contributed by atoms with Crippen molar-refractivity contribution in [3.63, 3.8) is 0 Å². The number of nitro benzene ring substituents is 2. The summed E-state index contributed by atoms with van der Waals surface area (Å²) in [5, 5.41) is 21.7. The molecule has 0 aromatic heterocycles. The summed E-state index contributed by atoms with van der Waals surface area (Å²) in [7, 11) is 1.47. The van der Waals surface area contributed by atoms with Gasteiger partial charge in [-0.25, -0.2) is 0 Å². The van der Waals surface area contributed by atoms with Gasteiger partial charge in [0.05, 0.1) is 34.0 Å². The maximum atomic E-state index is 12.4. The number of benzene rings is 2. The number of ether oxygens (including phenoxy) is 2. The van der Waals surface area contributed by atoms with Gasteiger partial charge in [0.2, 0.25) is 5.75 Å². The number of nitro groups is 2. The molecule has 0 bridgehead atoms. The molecule has 0 N–H and O–H groups in total. The number of methoxy groups -OCH3 is 1. The molecule has 1 saturated heterocycles. The van der Waals surface area contributed by atoms with Crippen LogP contribution in [-0.2, 0) is 9.53 Å². The lowest BCUT2D eigenvalue weighted by Crippen LogP contribution is -2.31. The standard InChI is InChI=1S/C19H15N3O8S/c1-29-8-7-20-18(23)17(31-19(20)24)10-12-3-2-4-14(9-12)30-16-6-5-13(21(25)26)11-15(16)22(27)28/h2-6,9-11H,7-8H2,1H3/b17-10+. The average molecular weight is 445 g/mol. The molecule has 0 aliphatic carbocycles. The summed E-state index contributed by atoms with van der Waals surface area (Å²) in [5.74, 6) is -0.402. The lowest BCUT2D eigenvalue weighted by Gasteiger charge is -2.10. The summed E-state index contributed by atoms with van der Waals surface area (Å²) in [6.45, 7) is 0.369. The first-order valence-electron chi connectivity index (χ1n) is 8.75. The van der Waals surface area contributed by atoms with Crippen LogP contribution in [0, 0.1) is 20.2 Å². The number of carbonyl (C=O) groups excluding carboxylic acids is 2. The van der Waals surface area contributed by atoms with E-state index in [9.17, 15) is 29.8 Å². The fourth-order valence-electron chi connectivity index (χ4n) is 2.67. The highest BCUT2D eigenvalue weighted by Crippen LogP contribution is 2.36. The highest BCUT2D eigenvalue weighted by molar-refractivity contribution is 8.18. The largest absolute Gasteiger partial charge is 0.450 e. The second-order valence-electron chi connectivity index (χ2n) is 6.17. The van der Waals surface area contributed by atoms with Crippen LogP contribution in [-0.4, -0.2) is 46.2 Å². The molecule has 3 rings (SSSR count). The number of rotatable bonds is 8. The first-order valence-corrected chi connectivity index (χ1v) is 9.57. The van der Waals surface area contributed by atoms with Gasteiger partial charge in [-0.2, -0.15) is 0 Å². The molecular weight excluding hydrogens is 430 g/mol. The van der Waals surface area contributed by atoms with Gasteiger partial charge < -0.3 is 9.47 Å². The molecule has 0 radical (unpaired) electrons. The molecule has 11 nitrogen and oxygen atoms in total. The molecule has 2 aromatic carbocycles. The van der Waals surface area contributed by atoms with Crippen molar-refractivity contribution in [1.82, 2.24) is 4.90 Å². The summed E-state index contributed by atoms with van der Waals surface area (Å²) < 4.78 is 10.5. The van der Waals surface area contributed by atoms with E-state index in [-0.39, 0.29) is 29.6 Å². The lowest BCUT2D eigenvalue weighted by atomic mass is 10.2. The van der Waals surface area contributed by atoms with Crippen molar-refractivity contribution < 1.29 is 28.9 Å². The Kier molecular flexibility index (Phi) is 6.62. The van der Waals surface area contributed by atoms with E-state index in [1.807, 2.05) is 0 Å². The zero-order valence-electron chi connectivity index (χ0n) is 16.0. The van der Waals surface area contributed by atoms with Crippen LogP contribution < -0.4 is 4.74 Å². The summed E-state index contributed by atoms with van der Waals surface area (Å²) in [6, 6.07) is 9.39. The van der Waals surface area contributed by atoms with Gasteiger partial charge >= 0.3 is 5.69 Å². The van der Waals surface area contributed by atoms with Crippen LogP contribution in [0.3, 0.4) is 0 Å². The Morgan fingerprint density at radius 2 is 1.87 bits per heavy atom. The number of nitrogens with zero attached hydrogens (tertiary/aromatic N) is 3. The third-order valence-corrected chi connectivity index (χ3v) is 5.03. The summed E-state index contributed by atoms with van der Waals surface area (Å²) in [6.07, 6.45) is 1.51. The van der Waals surface area contributed by atoms with Gasteiger partial charge in [-0.05, 0) is 41.6 Å². The molecule has 2 aromatic rings. The first-order chi connectivity index (χ1) is 14.8. The normalized spacial score (nSPS) is 14.9. The Labute approximate surface area is 179 Å². The van der Waals surface area contributed by atoms with Gasteiger partial charge in [-0.1, -0.05) is 12.1 Å². The number of imide groups is 1. The molecule has 1 heterocycles. The van der Waals surface area contributed by atoms with Crippen molar-refractivity contribution >= 4 is 40.4 Å². The van der Waals surface area contributed by atoms with Gasteiger partial charge in [0.1, 0.15) is 5.75 Å². The molecule has 12 heteroatoms. The molecule has 0 atom stereocenters. The van der Waals surface area contributed by atoms with E-state index in [1.54, 1.807) is 12.1 Å². The topological polar surface area (TPSA) is 142 Å². The van der Waals surface area contributed by atoms with Crippen LogP contribution >= 0.6 is 11.8 Å². The summed E-state index contributed by atoms with van der Waals surface area (Å²) in [4.78, 5) is 46.3.